The molecule has 0 bridgehead atoms. The first-order chi connectivity index (χ1) is 4.50. The minimum absolute atomic E-state index is 1.14. The van der Waals surface area contributed by atoms with Gasteiger partial charge in [-0.15, -0.1) is 0 Å². The maximum atomic E-state index is 2.97. The predicted molar refractivity (Wildman–Crippen MR) is 39.1 cm³/mol. The molecule has 2 nitrogen and oxygen atoms in total. The normalized spacial score (nSPS) is 24.0. The highest BCUT2D eigenvalue weighted by atomic mass is 15.4. The summed E-state index contributed by atoms with van der Waals surface area (Å²) in [6, 6.07) is 0. The summed E-state index contributed by atoms with van der Waals surface area (Å²) in [6.07, 6.45) is 7.28. The molecule has 0 radical (unpaired) electrons. The van der Waals surface area contributed by atoms with E-state index in [1.165, 1.54) is 32.1 Å². The fourth-order valence-corrected chi connectivity index (χ4v) is 0.692. The molecular formula is C7H16N2. The fourth-order valence-electron chi connectivity index (χ4n) is 0.692. The monoisotopic (exact) mass is 128 g/mol. The van der Waals surface area contributed by atoms with E-state index in [9.17, 15) is 0 Å². The van der Waals surface area contributed by atoms with Gasteiger partial charge in [-0.05, 0) is 6.42 Å². The van der Waals surface area contributed by atoms with Gasteiger partial charge in [0.25, 0.3) is 0 Å². The molecule has 0 aromatic rings. The van der Waals surface area contributed by atoms with Crippen molar-refractivity contribution in [1.82, 2.24) is 10.9 Å². The molecule has 9 heavy (non-hydrogen) atoms. The number of hydrogen-bond acceptors (Lipinski definition) is 2. The minimum atomic E-state index is 1.14. The number of hydrazine groups is 1. The van der Waals surface area contributed by atoms with E-state index in [-0.39, 0.29) is 0 Å². The van der Waals surface area contributed by atoms with Gasteiger partial charge < -0.3 is 0 Å². The van der Waals surface area contributed by atoms with Crippen molar-refractivity contribution in [3.8, 4) is 0 Å². The van der Waals surface area contributed by atoms with Gasteiger partial charge >= 0.3 is 0 Å². The van der Waals surface area contributed by atoms with E-state index < -0.39 is 0 Å². The number of hydrogen-bond donors (Lipinski definition) is 2. The van der Waals surface area contributed by atoms with E-state index in [2.05, 4.69) is 10.9 Å². The van der Waals surface area contributed by atoms with E-state index in [4.69, 9.17) is 0 Å². The summed E-state index contributed by atoms with van der Waals surface area (Å²) in [5.41, 5.74) is 5.94. The first kappa shape index (κ1) is 7.03. The highest BCUT2D eigenvalue weighted by Gasteiger charge is 1.95. The maximum absolute atomic E-state index is 2.97. The van der Waals surface area contributed by atoms with Gasteiger partial charge in [-0.3, -0.25) is 10.9 Å². The lowest BCUT2D eigenvalue weighted by Crippen LogP contribution is -2.21. The lowest BCUT2D eigenvalue weighted by atomic mass is 10.0. The van der Waals surface area contributed by atoms with Crippen molar-refractivity contribution in [2.75, 3.05) is 13.1 Å². The Morgan fingerprint density at radius 2 is 1.00 bits per heavy atom. The van der Waals surface area contributed by atoms with Crippen LogP contribution in [0.4, 0.5) is 0 Å². The Labute approximate surface area is 57.0 Å². The molecule has 2 aliphatic rings. The fraction of sp³-hybridized carbons (Fsp3) is 1.00. The molecule has 0 aromatic heterocycles. The van der Waals surface area contributed by atoms with Crippen LogP contribution in [-0.2, 0) is 0 Å². The highest BCUT2D eigenvalue weighted by molar-refractivity contribution is 4.51. The van der Waals surface area contributed by atoms with Crippen LogP contribution in [0, 0.1) is 0 Å². The Kier molecular flexibility index (Phi) is 3.72. The summed E-state index contributed by atoms with van der Waals surface area (Å²) >= 11 is 0. The van der Waals surface area contributed by atoms with Crippen molar-refractivity contribution < 1.29 is 0 Å². The van der Waals surface area contributed by atoms with Gasteiger partial charge in [-0.25, -0.2) is 0 Å². The lowest BCUT2D eigenvalue weighted by molar-refractivity contribution is 0.504. The molecule has 1 saturated carbocycles. The molecule has 0 spiro atoms. The quantitative estimate of drug-likeness (QED) is 0.509. The van der Waals surface area contributed by atoms with Gasteiger partial charge in [0.15, 0.2) is 0 Å². The summed E-state index contributed by atoms with van der Waals surface area (Å²) in [5, 5.41) is 0. The van der Waals surface area contributed by atoms with Crippen molar-refractivity contribution in [3.05, 3.63) is 0 Å². The zero-order valence-corrected chi connectivity index (χ0v) is 5.95. The van der Waals surface area contributed by atoms with Crippen molar-refractivity contribution >= 4 is 0 Å². The van der Waals surface area contributed by atoms with E-state index in [0.717, 1.165) is 13.1 Å². The van der Waals surface area contributed by atoms with Crippen LogP contribution >= 0.6 is 0 Å². The Balaban J connectivity index is 0.0000000922. The third kappa shape index (κ3) is 3.49. The molecule has 2 N–H and O–H groups in total. The molecule has 0 atom stereocenters. The van der Waals surface area contributed by atoms with Crippen LogP contribution in [0.5, 0.6) is 0 Å². The molecule has 2 fully saturated rings. The number of nitrogens with one attached hydrogen (secondary N) is 2. The van der Waals surface area contributed by atoms with Gasteiger partial charge in [-0.1, -0.05) is 25.7 Å². The van der Waals surface area contributed by atoms with Gasteiger partial charge in [-0.2, -0.15) is 0 Å². The average Bonchev–Trinajstić information content (AvgIpc) is 2.07. The van der Waals surface area contributed by atoms with E-state index in [0.29, 0.717) is 0 Å². The zero-order chi connectivity index (χ0) is 6.36. The standard InChI is InChI=1S/C4H8.C3H8N2/c1-2-4-3-1;1-2-4-5-3-1/h1-4H2;4-5H,1-3H2. The van der Waals surface area contributed by atoms with Gasteiger partial charge in [0.05, 0.1) is 0 Å². The topological polar surface area (TPSA) is 24.1 Å². The maximum Gasteiger partial charge on any atom is 0.0112 e. The smallest absolute Gasteiger partial charge is 0.0112 e. The molecule has 0 unspecified atom stereocenters. The molecule has 2 heteroatoms. The Bertz CT molecular complexity index is 44.3. The second kappa shape index (κ2) is 4.77. The van der Waals surface area contributed by atoms with Crippen LogP contribution < -0.4 is 10.9 Å². The van der Waals surface area contributed by atoms with Crippen LogP contribution in [0.15, 0.2) is 0 Å². The van der Waals surface area contributed by atoms with E-state index in [1.807, 2.05) is 0 Å². The van der Waals surface area contributed by atoms with Crippen LogP contribution in [0.1, 0.15) is 32.1 Å². The summed E-state index contributed by atoms with van der Waals surface area (Å²) in [5.74, 6) is 0. The average molecular weight is 128 g/mol. The molecule has 1 aliphatic carbocycles. The van der Waals surface area contributed by atoms with E-state index >= 15 is 0 Å². The molecule has 54 valence electrons. The number of rotatable bonds is 0. The second-order valence-corrected chi connectivity index (χ2v) is 2.62. The first-order valence-electron chi connectivity index (χ1n) is 3.96. The molecule has 2 rings (SSSR count). The predicted octanol–water partition coefficient (Wildman–Crippen LogP) is 1.04. The van der Waals surface area contributed by atoms with Crippen molar-refractivity contribution in [2.24, 2.45) is 0 Å². The highest BCUT2D eigenvalue weighted by Crippen LogP contribution is 2.15. The van der Waals surface area contributed by atoms with Crippen molar-refractivity contribution in [3.63, 3.8) is 0 Å². The summed E-state index contributed by atoms with van der Waals surface area (Å²) in [4.78, 5) is 0. The van der Waals surface area contributed by atoms with Crippen LogP contribution in [0.25, 0.3) is 0 Å². The Hall–Kier alpha value is -0.0800. The van der Waals surface area contributed by atoms with Gasteiger partial charge in [0.1, 0.15) is 0 Å². The summed E-state index contributed by atoms with van der Waals surface area (Å²) in [6.45, 7) is 2.28. The SMILES string of the molecule is C1CCC1.C1CNNC1. The van der Waals surface area contributed by atoms with Crippen LogP contribution in [0.3, 0.4) is 0 Å². The Morgan fingerprint density at radius 3 is 1.11 bits per heavy atom. The minimum Gasteiger partial charge on any atom is -0.258 e. The lowest BCUT2D eigenvalue weighted by Gasteiger charge is -2.05. The third-order valence-electron chi connectivity index (χ3n) is 1.73. The molecule has 0 amide bonds. The first-order valence-corrected chi connectivity index (χ1v) is 3.96. The molecule has 1 heterocycles. The van der Waals surface area contributed by atoms with Gasteiger partial charge in [0.2, 0.25) is 0 Å². The second-order valence-electron chi connectivity index (χ2n) is 2.62. The van der Waals surface area contributed by atoms with Gasteiger partial charge in [0, 0.05) is 13.1 Å². The van der Waals surface area contributed by atoms with Crippen LogP contribution in [-0.4, -0.2) is 13.1 Å². The molecule has 1 aliphatic heterocycles. The third-order valence-corrected chi connectivity index (χ3v) is 1.73. The summed E-state index contributed by atoms with van der Waals surface area (Å²) in [7, 11) is 0. The summed E-state index contributed by atoms with van der Waals surface area (Å²) < 4.78 is 0. The van der Waals surface area contributed by atoms with E-state index in [1.54, 1.807) is 0 Å². The van der Waals surface area contributed by atoms with Crippen molar-refractivity contribution in [2.45, 2.75) is 32.1 Å². The zero-order valence-electron chi connectivity index (χ0n) is 5.95. The molecule has 0 aromatic carbocycles. The largest absolute Gasteiger partial charge is 0.258 e. The van der Waals surface area contributed by atoms with Crippen molar-refractivity contribution in [1.29, 1.82) is 0 Å². The Morgan fingerprint density at radius 1 is 0.556 bits per heavy atom. The molecule has 1 saturated heterocycles. The van der Waals surface area contributed by atoms with Crippen LogP contribution in [0.2, 0.25) is 0 Å². The molecular weight excluding hydrogens is 112 g/mol.